The van der Waals surface area contributed by atoms with Gasteiger partial charge >= 0.3 is 24.1 Å². The van der Waals surface area contributed by atoms with Crippen LogP contribution in [0.25, 0.3) is 0 Å². The van der Waals surface area contributed by atoms with Crippen molar-refractivity contribution in [2.45, 2.75) is 12.3 Å². The Morgan fingerprint density at radius 2 is 1.88 bits per heavy atom. The van der Waals surface area contributed by atoms with E-state index in [1.54, 1.807) is 22.8 Å². The quantitative estimate of drug-likeness (QED) is 0.374. The SMILES string of the molecule is CN1C(=O)C2=[N+](c3ccccc3OCOC(=O)C(F)(F)F)C(N3CCNCC3)=NC2N(C)C1=O. The van der Waals surface area contributed by atoms with Crippen LogP contribution in [0.2, 0.25) is 0 Å². The van der Waals surface area contributed by atoms with E-state index in [1.807, 2.05) is 4.90 Å². The summed E-state index contributed by atoms with van der Waals surface area (Å²) >= 11 is 0. The Labute approximate surface area is 192 Å². The summed E-state index contributed by atoms with van der Waals surface area (Å²) in [6, 6.07) is 5.77. The molecule has 11 nitrogen and oxygen atoms in total. The van der Waals surface area contributed by atoms with E-state index in [2.05, 4.69) is 15.0 Å². The highest BCUT2D eigenvalue weighted by atomic mass is 19.4. The van der Waals surface area contributed by atoms with Crippen LogP contribution in [0, 0.1) is 0 Å². The highest BCUT2D eigenvalue weighted by molar-refractivity contribution is 6.44. The third kappa shape index (κ3) is 4.16. The summed E-state index contributed by atoms with van der Waals surface area (Å²) in [7, 11) is 2.88. The van der Waals surface area contributed by atoms with Gasteiger partial charge in [-0.3, -0.25) is 19.5 Å². The molecule has 1 aromatic carbocycles. The van der Waals surface area contributed by atoms with E-state index < -0.39 is 37.0 Å². The molecule has 3 amide bonds. The number of nitrogens with one attached hydrogen (secondary N) is 1. The standard InChI is InChI=1S/C20H22F3N6O5/c1-26-15-14(16(30)27(2)19(26)32)29(18(25-15)28-9-7-24-8-10-28)12-5-3-4-6-13(12)33-11-34-17(31)20(21,22)23/h3-6,15,24H,7-11H2,1-2H3/q+1. The van der Waals surface area contributed by atoms with E-state index >= 15 is 0 Å². The highest BCUT2D eigenvalue weighted by Crippen LogP contribution is 2.33. The third-order valence-corrected chi connectivity index (χ3v) is 5.54. The molecule has 4 rings (SSSR count). The van der Waals surface area contributed by atoms with Crippen molar-refractivity contribution in [3.05, 3.63) is 24.3 Å². The Morgan fingerprint density at radius 1 is 1.21 bits per heavy atom. The van der Waals surface area contributed by atoms with Crippen LogP contribution in [0.1, 0.15) is 0 Å². The van der Waals surface area contributed by atoms with Gasteiger partial charge < -0.3 is 14.8 Å². The van der Waals surface area contributed by atoms with Gasteiger partial charge in [-0.05, 0) is 12.1 Å². The number of benzene rings is 1. The smallest absolute Gasteiger partial charge is 0.454 e. The summed E-state index contributed by atoms with van der Waals surface area (Å²) in [5.41, 5.74) is 0.464. The number of urea groups is 1. The number of guanidine groups is 1. The van der Waals surface area contributed by atoms with Gasteiger partial charge in [-0.1, -0.05) is 17.1 Å². The molecule has 1 N–H and O–H groups in total. The van der Waals surface area contributed by atoms with Gasteiger partial charge in [0.25, 0.3) is 12.1 Å². The number of halogens is 3. The van der Waals surface area contributed by atoms with Gasteiger partial charge in [-0.15, -0.1) is 0 Å². The Kier molecular flexibility index (Phi) is 6.17. The summed E-state index contributed by atoms with van der Waals surface area (Å²) < 4.78 is 48.4. The van der Waals surface area contributed by atoms with Crippen LogP contribution in [0.5, 0.6) is 5.75 Å². The number of fused-ring (bicyclic) bond motifs is 1. The summed E-state index contributed by atoms with van der Waals surface area (Å²) in [5.74, 6) is -2.50. The number of imide groups is 1. The topological polar surface area (TPSA) is 107 Å². The first-order valence-corrected chi connectivity index (χ1v) is 10.3. The van der Waals surface area contributed by atoms with Crippen LogP contribution in [0.15, 0.2) is 29.3 Å². The lowest BCUT2D eigenvalue weighted by atomic mass is 10.2. The van der Waals surface area contributed by atoms with Crippen LogP contribution < -0.4 is 10.1 Å². The molecule has 1 aromatic rings. The molecule has 14 heteroatoms. The molecule has 182 valence electrons. The number of esters is 1. The maximum atomic E-state index is 13.2. The lowest BCUT2D eigenvalue weighted by Crippen LogP contribution is -2.59. The van der Waals surface area contributed by atoms with E-state index in [9.17, 15) is 27.6 Å². The number of nitrogens with zero attached hydrogens (tertiary/aromatic N) is 5. The Balaban J connectivity index is 1.74. The fourth-order valence-corrected chi connectivity index (χ4v) is 3.85. The average molecular weight is 483 g/mol. The van der Waals surface area contributed by atoms with E-state index in [1.165, 1.54) is 25.1 Å². The number of aliphatic imine (C=N–C) groups is 1. The zero-order valence-corrected chi connectivity index (χ0v) is 18.3. The van der Waals surface area contributed by atoms with E-state index in [4.69, 9.17) is 4.74 Å². The van der Waals surface area contributed by atoms with Crippen LogP contribution in [0.4, 0.5) is 23.7 Å². The fraction of sp³-hybridized carbons (Fsp3) is 0.450. The summed E-state index contributed by atoms with van der Waals surface area (Å²) in [6.07, 6.45) is -6.05. The summed E-state index contributed by atoms with van der Waals surface area (Å²) in [6.45, 7) is 1.49. The van der Waals surface area contributed by atoms with Crippen molar-refractivity contribution in [2.75, 3.05) is 47.1 Å². The number of para-hydroxylation sites is 2. The molecule has 1 unspecified atom stereocenters. The number of piperazine rings is 1. The van der Waals surface area contributed by atoms with E-state index in [-0.39, 0.29) is 11.5 Å². The average Bonchev–Trinajstić information content (AvgIpc) is 3.22. The molecule has 2 saturated heterocycles. The molecular formula is C20H22F3N6O5+. The molecular weight excluding hydrogens is 461 g/mol. The highest BCUT2D eigenvalue weighted by Gasteiger charge is 2.52. The van der Waals surface area contributed by atoms with Gasteiger partial charge in [0.1, 0.15) is 5.69 Å². The molecule has 0 bridgehead atoms. The number of amides is 3. The zero-order chi connectivity index (χ0) is 24.6. The van der Waals surface area contributed by atoms with Gasteiger partial charge in [0.05, 0.1) is 13.1 Å². The van der Waals surface area contributed by atoms with Crippen molar-refractivity contribution in [1.82, 2.24) is 20.0 Å². The first kappa shape index (κ1) is 23.5. The maximum absolute atomic E-state index is 13.2. The Bertz CT molecular complexity index is 1080. The van der Waals surface area contributed by atoms with Crippen molar-refractivity contribution in [1.29, 1.82) is 0 Å². The zero-order valence-electron chi connectivity index (χ0n) is 18.3. The minimum Gasteiger partial charge on any atom is -0.454 e. The molecule has 0 aromatic heterocycles. The van der Waals surface area contributed by atoms with Crippen molar-refractivity contribution in [3.8, 4) is 5.75 Å². The van der Waals surface area contributed by atoms with Crippen molar-refractivity contribution >= 4 is 35.3 Å². The third-order valence-electron chi connectivity index (χ3n) is 5.54. The van der Waals surface area contributed by atoms with E-state index in [0.29, 0.717) is 37.8 Å². The maximum Gasteiger partial charge on any atom is 0.491 e. The van der Waals surface area contributed by atoms with Crippen molar-refractivity contribution < 1.29 is 41.6 Å². The number of ether oxygens (including phenoxy) is 2. The Hall–Kier alpha value is -3.68. The second-order valence-corrected chi connectivity index (χ2v) is 7.68. The minimum atomic E-state index is -5.15. The first-order chi connectivity index (χ1) is 16.1. The van der Waals surface area contributed by atoms with Crippen LogP contribution in [0.3, 0.4) is 0 Å². The number of hydrogen-bond donors (Lipinski definition) is 1. The van der Waals surface area contributed by atoms with Crippen LogP contribution >= 0.6 is 0 Å². The molecule has 0 radical (unpaired) electrons. The largest absolute Gasteiger partial charge is 0.491 e. The molecule has 0 saturated carbocycles. The molecule has 3 heterocycles. The number of hydrogen-bond acceptors (Lipinski definition) is 8. The molecule has 34 heavy (non-hydrogen) atoms. The monoisotopic (exact) mass is 483 g/mol. The molecule has 3 aliphatic rings. The number of carbonyl (C=O) groups excluding carboxylic acids is 3. The van der Waals surface area contributed by atoms with Gasteiger partial charge in [0.15, 0.2) is 5.75 Å². The molecule has 0 spiro atoms. The lowest BCUT2D eigenvalue weighted by molar-refractivity contribution is -0.320. The number of rotatable bonds is 4. The van der Waals surface area contributed by atoms with Crippen LogP contribution in [-0.4, -0.2) is 108 Å². The normalized spacial score (nSPS) is 21.0. The predicted molar refractivity (Wildman–Crippen MR) is 111 cm³/mol. The second kappa shape index (κ2) is 8.93. The summed E-state index contributed by atoms with van der Waals surface area (Å²) in [5, 5.41) is 3.22. The van der Waals surface area contributed by atoms with Crippen molar-refractivity contribution in [2.24, 2.45) is 4.99 Å². The summed E-state index contributed by atoms with van der Waals surface area (Å²) in [4.78, 5) is 45.6. The number of alkyl halides is 3. The van der Waals surface area contributed by atoms with Gasteiger partial charge in [-0.25, -0.2) is 9.59 Å². The minimum absolute atomic E-state index is 0.0588. The van der Waals surface area contributed by atoms with Gasteiger partial charge in [-0.2, -0.15) is 17.7 Å². The molecule has 3 aliphatic heterocycles. The fourth-order valence-electron chi connectivity index (χ4n) is 3.85. The molecule has 0 aliphatic carbocycles. The Morgan fingerprint density at radius 3 is 2.56 bits per heavy atom. The lowest BCUT2D eigenvalue weighted by Gasteiger charge is -2.31. The van der Waals surface area contributed by atoms with E-state index in [0.717, 1.165) is 4.90 Å². The second-order valence-electron chi connectivity index (χ2n) is 7.68. The first-order valence-electron chi connectivity index (χ1n) is 10.3. The molecule has 1 atom stereocenters. The van der Waals surface area contributed by atoms with Gasteiger partial charge in [0, 0.05) is 27.2 Å². The van der Waals surface area contributed by atoms with Gasteiger partial charge in [0.2, 0.25) is 12.5 Å². The number of carbonyl (C=O) groups is 3. The van der Waals surface area contributed by atoms with Crippen molar-refractivity contribution in [3.63, 3.8) is 0 Å². The molecule has 2 fully saturated rings. The van der Waals surface area contributed by atoms with Crippen LogP contribution in [-0.2, 0) is 14.3 Å². The predicted octanol–water partition coefficient (Wildman–Crippen LogP) is 0.338.